The minimum Gasteiger partial charge on any atom is -0.330 e. The van der Waals surface area contributed by atoms with Gasteiger partial charge in [0.1, 0.15) is 5.82 Å². The summed E-state index contributed by atoms with van der Waals surface area (Å²) in [5.41, 5.74) is 7.44. The van der Waals surface area contributed by atoms with Gasteiger partial charge < -0.3 is 10.3 Å². The quantitative estimate of drug-likeness (QED) is 0.827. The number of rotatable bonds is 1. The van der Waals surface area contributed by atoms with Crippen molar-refractivity contribution in [1.29, 1.82) is 0 Å². The number of hydrogen-bond donors (Lipinski definition) is 1. The molecule has 0 saturated carbocycles. The molecule has 0 amide bonds. The van der Waals surface area contributed by atoms with Gasteiger partial charge in [0.05, 0.1) is 17.7 Å². The zero-order valence-corrected chi connectivity index (χ0v) is 9.88. The molecule has 3 nitrogen and oxygen atoms in total. The van der Waals surface area contributed by atoms with Gasteiger partial charge in [-0.3, -0.25) is 0 Å². The Morgan fingerprint density at radius 1 is 1.47 bits per heavy atom. The fourth-order valence-electron chi connectivity index (χ4n) is 2.40. The fourth-order valence-corrected chi connectivity index (χ4v) is 2.40. The van der Waals surface area contributed by atoms with E-state index in [1.807, 2.05) is 6.92 Å². The summed E-state index contributed by atoms with van der Waals surface area (Å²) in [5, 5.41) is 0. The largest absolute Gasteiger partial charge is 0.393 e. The van der Waals surface area contributed by atoms with Crippen LogP contribution in [0.2, 0.25) is 0 Å². The van der Waals surface area contributed by atoms with Crippen molar-refractivity contribution in [2.24, 2.45) is 11.7 Å². The summed E-state index contributed by atoms with van der Waals surface area (Å²) < 4.78 is 39.8. The van der Waals surface area contributed by atoms with Gasteiger partial charge in [-0.05, 0) is 19.8 Å². The summed E-state index contributed by atoms with van der Waals surface area (Å²) in [6.07, 6.45) is -3.53. The van der Waals surface area contributed by atoms with Gasteiger partial charge in [0.15, 0.2) is 0 Å². The topological polar surface area (TPSA) is 43.8 Å². The van der Waals surface area contributed by atoms with Crippen molar-refractivity contribution in [1.82, 2.24) is 9.55 Å². The van der Waals surface area contributed by atoms with Gasteiger partial charge in [-0.25, -0.2) is 4.98 Å². The maximum atomic E-state index is 12.7. The van der Waals surface area contributed by atoms with Crippen molar-refractivity contribution in [3.8, 4) is 0 Å². The number of halogens is 3. The van der Waals surface area contributed by atoms with E-state index >= 15 is 0 Å². The van der Waals surface area contributed by atoms with E-state index in [0.29, 0.717) is 5.82 Å². The molecule has 2 heterocycles. The van der Waals surface area contributed by atoms with Gasteiger partial charge in [0.2, 0.25) is 0 Å². The SMILES string of the molecule is CCc1nc2n(c1C)CC(C(F)(F)F)CC2N. The number of aryl methyl sites for hydroxylation is 1. The van der Waals surface area contributed by atoms with Gasteiger partial charge in [-0.1, -0.05) is 6.92 Å². The fraction of sp³-hybridized carbons (Fsp3) is 0.727. The van der Waals surface area contributed by atoms with Gasteiger partial charge in [-0.15, -0.1) is 0 Å². The molecule has 0 fully saturated rings. The van der Waals surface area contributed by atoms with Crippen LogP contribution < -0.4 is 5.73 Å². The molecular formula is C11H16F3N3. The molecular weight excluding hydrogens is 231 g/mol. The van der Waals surface area contributed by atoms with Crippen molar-refractivity contribution in [3.63, 3.8) is 0 Å². The van der Waals surface area contributed by atoms with E-state index in [1.54, 1.807) is 11.5 Å². The molecule has 2 N–H and O–H groups in total. The number of imidazole rings is 1. The molecule has 0 aromatic carbocycles. The highest BCUT2D eigenvalue weighted by molar-refractivity contribution is 5.19. The molecule has 0 bridgehead atoms. The lowest BCUT2D eigenvalue weighted by atomic mass is 9.95. The summed E-state index contributed by atoms with van der Waals surface area (Å²) in [6, 6.07) is -0.616. The normalized spacial score (nSPS) is 24.8. The average Bonchev–Trinajstić information content (AvgIpc) is 2.55. The summed E-state index contributed by atoms with van der Waals surface area (Å²) in [5.74, 6) is -0.762. The van der Waals surface area contributed by atoms with Gasteiger partial charge in [0, 0.05) is 12.2 Å². The highest BCUT2D eigenvalue weighted by atomic mass is 19.4. The van der Waals surface area contributed by atoms with Crippen LogP contribution in [0.5, 0.6) is 0 Å². The number of hydrogen-bond acceptors (Lipinski definition) is 2. The molecule has 2 atom stereocenters. The van der Waals surface area contributed by atoms with Crippen LogP contribution in [-0.4, -0.2) is 15.7 Å². The monoisotopic (exact) mass is 247 g/mol. The highest BCUT2D eigenvalue weighted by Gasteiger charge is 2.44. The summed E-state index contributed by atoms with van der Waals surface area (Å²) in [4.78, 5) is 4.34. The molecule has 1 aliphatic heterocycles. The van der Waals surface area contributed by atoms with Crippen LogP contribution in [0.1, 0.15) is 36.6 Å². The summed E-state index contributed by atoms with van der Waals surface area (Å²) in [6.45, 7) is 3.69. The molecule has 17 heavy (non-hydrogen) atoms. The van der Waals surface area contributed by atoms with Gasteiger partial charge in [0.25, 0.3) is 0 Å². The zero-order chi connectivity index (χ0) is 12.8. The Morgan fingerprint density at radius 2 is 2.12 bits per heavy atom. The first-order valence-corrected chi connectivity index (χ1v) is 5.72. The van der Waals surface area contributed by atoms with Crippen molar-refractivity contribution in [3.05, 3.63) is 17.2 Å². The summed E-state index contributed by atoms with van der Waals surface area (Å²) >= 11 is 0. The van der Waals surface area contributed by atoms with Crippen LogP contribution in [0.25, 0.3) is 0 Å². The van der Waals surface area contributed by atoms with E-state index in [2.05, 4.69) is 4.98 Å². The smallest absolute Gasteiger partial charge is 0.330 e. The number of nitrogens with two attached hydrogens (primary N) is 1. The number of alkyl halides is 3. The maximum absolute atomic E-state index is 12.7. The Balaban J connectivity index is 2.39. The van der Waals surface area contributed by atoms with E-state index in [9.17, 15) is 13.2 Å². The van der Waals surface area contributed by atoms with Gasteiger partial charge >= 0.3 is 6.18 Å². The molecule has 1 aromatic rings. The van der Waals surface area contributed by atoms with Crippen LogP contribution in [0, 0.1) is 12.8 Å². The van der Waals surface area contributed by atoms with Crippen molar-refractivity contribution >= 4 is 0 Å². The molecule has 1 aromatic heterocycles. The Morgan fingerprint density at radius 3 is 2.65 bits per heavy atom. The second-order valence-electron chi connectivity index (χ2n) is 4.55. The minimum atomic E-state index is -4.18. The lowest BCUT2D eigenvalue weighted by Gasteiger charge is -2.30. The van der Waals surface area contributed by atoms with E-state index in [-0.39, 0.29) is 13.0 Å². The third kappa shape index (κ3) is 2.06. The first-order valence-electron chi connectivity index (χ1n) is 5.72. The van der Waals surface area contributed by atoms with Crippen LogP contribution >= 0.6 is 0 Å². The Labute approximate surface area is 97.8 Å². The molecule has 6 heteroatoms. The van der Waals surface area contributed by atoms with E-state index in [1.165, 1.54) is 0 Å². The van der Waals surface area contributed by atoms with Crippen LogP contribution in [0.15, 0.2) is 0 Å². The predicted molar refractivity (Wildman–Crippen MR) is 57.4 cm³/mol. The van der Waals surface area contributed by atoms with E-state index < -0.39 is 18.1 Å². The summed E-state index contributed by atoms with van der Waals surface area (Å²) in [7, 11) is 0. The molecule has 96 valence electrons. The molecule has 2 rings (SSSR count). The van der Waals surface area contributed by atoms with Gasteiger partial charge in [-0.2, -0.15) is 13.2 Å². The first kappa shape index (κ1) is 12.4. The molecule has 1 aliphatic rings. The maximum Gasteiger partial charge on any atom is 0.393 e. The number of fused-ring (bicyclic) bond motifs is 1. The molecule has 0 spiro atoms. The van der Waals surface area contributed by atoms with E-state index in [4.69, 9.17) is 5.73 Å². The third-order valence-corrected chi connectivity index (χ3v) is 3.42. The number of nitrogens with zero attached hydrogens (tertiary/aromatic N) is 2. The second-order valence-corrected chi connectivity index (χ2v) is 4.55. The minimum absolute atomic E-state index is 0.0502. The average molecular weight is 247 g/mol. The van der Waals surface area contributed by atoms with Crippen LogP contribution in [-0.2, 0) is 13.0 Å². The Kier molecular flexibility index (Phi) is 2.93. The lowest BCUT2D eigenvalue weighted by molar-refractivity contribution is -0.184. The lowest BCUT2D eigenvalue weighted by Crippen LogP contribution is -2.37. The zero-order valence-electron chi connectivity index (χ0n) is 9.88. The molecule has 2 unspecified atom stereocenters. The molecule has 0 radical (unpaired) electrons. The van der Waals surface area contributed by atoms with Crippen LogP contribution in [0.3, 0.4) is 0 Å². The second kappa shape index (κ2) is 4.01. The van der Waals surface area contributed by atoms with Crippen molar-refractivity contribution < 1.29 is 13.2 Å². The van der Waals surface area contributed by atoms with E-state index in [0.717, 1.165) is 17.8 Å². The molecule has 0 saturated heterocycles. The first-order chi connectivity index (χ1) is 7.84. The Hall–Kier alpha value is -1.04. The van der Waals surface area contributed by atoms with Crippen molar-refractivity contribution in [2.45, 2.75) is 45.5 Å². The van der Waals surface area contributed by atoms with Crippen LogP contribution in [0.4, 0.5) is 13.2 Å². The Bertz CT molecular complexity index is 422. The standard InChI is InChI=1S/C11H16F3N3/c1-3-9-6(2)17-5-7(11(12,13)14)4-8(15)10(17)16-9/h7-8H,3-5,15H2,1-2H3. The van der Waals surface area contributed by atoms with Crippen molar-refractivity contribution in [2.75, 3.05) is 0 Å². The number of aromatic nitrogens is 2. The predicted octanol–water partition coefficient (Wildman–Crippen LogP) is 2.34. The molecule has 0 aliphatic carbocycles. The highest BCUT2D eigenvalue weighted by Crippen LogP contribution is 2.38. The third-order valence-electron chi connectivity index (χ3n) is 3.42.